The van der Waals surface area contributed by atoms with Crippen LogP contribution in [-0.2, 0) is 10.0 Å². The summed E-state index contributed by atoms with van der Waals surface area (Å²) in [5.41, 5.74) is 1.59. The van der Waals surface area contributed by atoms with Crippen LogP contribution in [0.15, 0.2) is 53.4 Å². The monoisotopic (exact) mass is 316 g/mol. The third-order valence-electron chi connectivity index (χ3n) is 4.09. The van der Waals surface area contributed by atoms with Gasteiger partial charge in [0, 0.05) is 6.54 Å². The van der Waals surface area contributed by atoms with Crippen molar-refractivity contribution >= 4 is 21.4 Å². The lowest BCUT2D eigenvalue weighted by molar-refractivity contribution is 0.307. The summed E-state index contributed by atoms with van der Waals surface area (Å²) in [5, 5.41) is 0. The van der Waals surface area contributed by atoms with Gasteiger partial charge >= 0.3 is 0 Å². The van der Waals surface area contributed by atoms with Crippen molar-refractivity contribution in [2.75, 3.05) is 35.4 Å². The highest BCUT2D eigenvalue weighted by atomic mass is 32.2. The van der Waals surface area contributed by atoms with Crippen LogP contribution in [0, 0.1) is 0 Å². The lowest BCUT2D eigenvalue weighted by Crippen LogP contribution is -2.46. The molecule has 2 aliphatic rings. The van der Waals surface area contributed by atoms with E-state index < -0.39 is 10.0 Å². The highest BCUT2D eigenvalue weighted by Crippen LogP contribution is 2.44. The smallest absolute Gasteiger partial charge is 0.264 e. The molecule has 0 fully saturated rings. The third kappa shape index (κ3) is 1.94. The number of hydrogen-bond acceptors (Lipinski definition) is 4. The van der Waals surface area contributed by atoms with Crippen LogP contribution in [-0.4, -0.2) is 34.7 Å². The van der Waals surface area contributed by atoms with E-state index in [0.717, 1.165) is 18.0 Å². The molecule has 0 saturated carbocycles. The van der Waals surface area contributed by atoms with Crippen LogP contribution in [0.3, 0.4) is 0 Å². The zero-order valence-electron chi connectivity index (χ0n) is 12.0. The molecule has 4 rings (SSSR count). The lowest BCUT2D eigenvalue weighted by Gasteiger charge is -2.41. The van der Waals surface area contributed by atoms with Gasteiger partial charge in [0.15, 0.2) is 0 Å². The fourth-order valence-electron chi connectivity index (χ4n) is 3.05. The summed E-state index contributed by atoms with van der Waals surface area (Å²) >= 11 is 0. The second kappa shape index (κ2) is 4.91. The molecule has 6 heteroatoms. The molecule has 0 radical (unpaired) electrons. The molecular weight excluding hydrogens is 300 g/mol. The average molecular weight is 316 g/mol. The van der Waals surface area contributed by atoms with Crippen molar-refractivity contribution in [3.63, 3.8) is 0 Å². The van der Waals surface area contributed by atoms with Gasteiger partial charge in [-0.1, -0.05) is 24.3 Å². The molecule has 0 aliphatic carbocycles. The Morgan fingerprint density at radius 3 is 2.55 bits per heavy atom. The molecule has 0 atom stereocenters. The van der Waals surface area contributed by atoms with Crippen LogP contribution in [0.4, 0.5) is 11.4 Å². The van der Waals surface area contributed by atoms with E-state index in [4.69, 9.17) is 4.74 Å². The second-order valence-corrected chi connectivity index (χ2v) is 7.21. The average Bonchev–Trinajstić information content (AvgIpc) is 2.56. The Morgan fingerprint density at radius 2 is 1.73 bits per heavy atom. The maximum absolute atomic E-state index is 12.9. The van der Waals surface area contributed by atoms with Crippen LogP contribution in [0.5, 0.6) is 5.75 Å². The van der Waals surface area contributed by atoms with Gasteiger partial charge in [-0.25, -0.2) is 8.42 Å². The highest BCUT2D eigenvalue weighted by molar-refractivity contribution is 7.92. The Hall–Kier alpha value is -2.21. The number of hydrogen-bond donors (Lipinski definition) is 0. The molecule has 0 aromatic heterocycles. The second-order valence-electron chi connectivity index (χ2n) is 5.35. The summed E-state index contributed by atoms with van der Waals surface area (Å²) in [6.45, 7) is 2.57. The molecule has 0 bridgehead atoms. The largest absolute Gasteiger partial charge is 0.489 e. The van der Waals surface area contributed by atoms with Gasteiger partial charge in [-0.3, -0.25) is 4.31 Å². The molecule has 2 aliphatic heterocycles. The van der Waals surface area contributed by atoms with E-state index in [2.05, 4.69) is 4.90 Å². The zero-order chi connectivity index (χ0) is 15.2. The molecule has 2 heterocycles. The van der Waals surface area contributed by atoms with Crippen molar-refractivity contribution in [2.24, 2.45) is 0 Å². The number of sulfonamides is 1. The van der Waals surface area contributed by atoms with E-state index in [-0.39, 0.29) is 0 Å². The molecule has 0 N–H and O–H groups in total. The van der Waals surface area contributed by atoms with Gasteiger partial charge in [0.25, 0.3) is 10.0 Å². The van der Waals surface area contributed by atoms with Crippen molar-refractivity contribution in [2.45, 2.75) is 4.90 Å². The number of para-hydroxylation sites is 1. The maximum atomic E-state index is 12.9. The first kappa shape index (κ1) is 13.5. The first-order chi connectivity index (χ1) is 10.7. The SMILES string of the molecule is O=S(=O)(c1ccccc1)N1CCN2CCOc3cccc1c32. The summed E-state index contributed by atoms with van der Waals surface area (Å²) in [5.74, 6) is 0.761. The molecule has 0 amide bonds. The first-order valence-corrected chi connectivity index (χ1v) is 8.70. The van der Waals surface area contributed by atoms with E-state index in [0.29, 0.717) is 30.3 Å². The van der Waals surface area contributed by atoms with Crippen molar-refractivity contribution < 1.29 is 13.2 Å². The predicted octanol–water partition coefficient (Wildman–Crippen LogP) is 2.09. The predicted molar refractivity (Wildman–Crippen MR) is 85.1 cm³/mol. The Balaban J connectivity index is 1.85. The summed E-state index contributed by atoms with van der Waals surface area (Å²) in [6.07, 6.45) is 0. The van der Waals surface area contributed by atoms with E-state index in [1.165, 1.54) is 4.31 Å². The van der Waals surface area contributed by atoms with Crippen LogP contribution in [0.25, 0.3) is 0 Å². The van der Waals surface area contributed by atoms with Crippen LogP contribution < -0.4 is 13.9 Å². The number of nitrogens with zero attached hydrogens (tertiary/aromatic N) is 2. The molecule has 114 valence electrons. The minimum Gasteiger partial charge on any atom is -0.489 e. The Bertz CT molecular complexity index is 805. The normalized spacial score (nSPS) is 16.9. The maximum Gasteiger partial charge on any atom is 0.264 e. The Kier molecular flexibility index (Phi) is 3.00. The van der Waals surface area contributed by atoms with Crippen molar-refractivity contribution in [3.8, 4) is 5.75 Å². The molecule has 0 saturated heterocycles. The Morgan fingerprint density at radius 1 is 0.909 bits per heavy atom. The molecular formula is C16H16N2O3S. The van der Waals surface area contributed by atoms with Gasteiger partial charge in [-0.15, -0.1) is 0 Å². The van der Waals surface area contributed by atoms with Crippen molar-refractivity contribution in [3.05, 3.63) is 48.5 Å². The van der Waals surface area contributed by atoms with Gasteiger partial charge in [0.2, 0.25) is 0 Å². The van der Waals surface area contributed by atoms with Crippen LogP contribution >= 0.6 is 0 Å². The topological polar surface area (TPSA) is 49.9 Å². The molecule has 2 aromatic carbocycles. The third-order valence-corrected chi connectivity index (χ3v) is 5.91. The van der Waals surface area contributed by atoms with E-state index >= 15 is 0 Å². The standard InChI is InChI=1S/C16H16N2O3S/c19-22(20,13-5-2-1-3-6-13)18-10-9-17-11-12-21-15-8-4-7-14(18)16(15)17/h1-8H,9-12H2. The Labute approximate surface area is 129 Å². The number of anilines is 2. The van der Waals surface area contributed by atoms with Crippen LogP contribution in [0.1, 0.15) is 0 Å². The minimum atomic E-state index is -3.55. The molecule has 5 nitrogen and oxygen atoms in total. The summed E-state index contributed by atoms with van der Waals surface area (Å²) < 4.78 is 33.0. The first-order valence-electron chi connectivity index (χ1n) is 7.26. The highest BCUT2D eigenvalue weighted by Gasteiger charge is 2.34. The lowest BCUT2D eigenvalue weighted by atomic mass is 10.1. The van der Waals surface area contributed by atoms with Gasteiger partial charge in [-0.2, -0.15) is 0 Å². The van der Waals surface area contributed by atoms with Gasteiger partial charge in [0.1, 0.15) is 18.0 Å². The molecule has 2 aromatic rings. The van der Waals surface area contributed by atoms with Gasteiger partial charge in [0.05, 0.1) is 23.7 Å². The van der Waals surface area contributed by atoms with Crippen LogP contribution in [0.2, 0.25) is 0 Å². The molecule has 22 heavy (non-hydrogen) atoms. The zero-order valence-corrected chi connectivity index (χ0v) is 12.8. The quantitative estimate of drug-likeness (QED) is 0.851. The fourth-order valence-corrected chi connectivity index (χ4v) is 4.53. The van der Waals surface area contributed by atoms with E-state index in [9.17, 15) is 8.42 Å². The summed E-state index contributed by atoms with van der Waals surface area (Å²) in [4.78, 5) is 2.52. The molecule has 0 unspecified atom stereocenters. The summed E-state index contributed by atoms with van der Waals surface area (Å²) in [7, 11) is -3.55. The van der Waals surface area contributed by atoms with Gasteiger partial charge in [-0.05, 0) is 24.3 Å². The number of rotatable bonds is 2. The number of ether oxygens (including phenoxy) is 1. The molecule has 0 spiro atoms. The van der Waals surface area contributed by atoms with E-state index in [1.54, 1.807) is 24.3 Å². The fraction of sp³-hybridized carbons (Fsp3) is 0.250. The summed E-state index contributed by atoms with van der Waals surface area (Å²) in [6, 6.07) is 14.1. The van der Waals surface area contributed by atoms with Crippen molar-refractivity contribution in [1.82, 2.24) is 0 Å². The minimum absolute atomic E-state index is 0.317. The van der Waals surface area contributed by atoms with Crippen molar-refractivity contribution in [1.29, 1.82) is 0 Å². The van der Waals surface area contributed by atoms with Gasteiger partial charge < -0.3 is 9.64 Å². The van der Waals surface area contributed by atoms with E-state index in [1.807, 2.05) is 24.3 Å². The number of benzene rings is 2.